The Morgan fingerprint density at radius 1 is 1.31 bits per heavy atom. The van der Waals surface area contributed by atoms with Gasteiger partial charge in [0.2, 0.25) is 0 Å². The van der Waals surface area contributed by atoms with Gasteiger partial charge in [0, 0.05) is 18.6 Å². The molecule has 0 aliphatic carbocycles. The number of nitrogens with one attached hydrogen (secondary N) is 1. The second-order valence-corrected chi connectivity index (χ2v) is 8.43. The number of nitrogens with zero attached hydrogens (tertiary/aromatic N) is 5. The maximum Gasteiger partial charge on any atom is 0.313 e. The van der Waals surface area contributed by atoms with Gasteiger partial charge < -0.3 is 14.0 Å². The smallest absolute Gasteiger partial charge is 0.313 e. The first-order chi connectivity index (χ1) is 15.5. The number of rotatable bonds is 4. The molecule has 32 heavy (non-hydrogen) atoms. The zero-order chi connectivity index (χ0) is 22.0. The number of pyridine rings is 1. The Labute approximate surface area is 185 Å². The maximum atomic E-state index is 14.9. The minimum absolute atomic E-state index is 0.209. The lowest BCUT2D eigenvalue weighted by molar-refractivity contribution is -0.150. The van der Waals surface area contributed by atoms with E-state index in [1.165, 1.54) is 18.6 Å². The second kappa shape index (κ2) is 7.21. The number of esters is 1. The third-order valence-electron chi connectivity index (χ3n) is 6.24. The Morgan fingerprint density at radius 3 is 3.00 bits per heavy atom. The Bertz CT molecular complexity index is 1370. The molecule has 1 N–H and O–H groups in total. The van der Waals surface area contributed by atoms with E-state index in [1.807, 2.05) is 0 Å². The molecule has 4 atom stereocenters. The lowest BCUT2D eigenvalue weighted by Gasteiger charge is -2.27. The van der Waals surface area contributed by atoms with E-state index in [1.54, 1.807) is 17.6 Å². The van der Waals surface area contributed by atoms with E-state index in [-0.39, 0.29) is 30.2 Å². The average molecular weight is 457 g/mol. The van der Waals surface area contributed by atoms with Crippen molar-refractivity contribution in [2.24, 2.45) is 5.92 Å². The van der Waals surface area contributed by atoms with Gasteiger partial charge in [-0.15, -0.1) is 0 Å². The normalized spacial score (nSPS) is 24.6. The van der Waals surface area contributed by atoms with Gasteiger partial charge in [0.25, 0.3) is 0 Å². The number of aromatic amines is 1. The molecular weight excluding hydrogens is 439 g/mol. The number of aromatic nitrogens is 6. The molecule has 0 radical (unpaired) electrons. The lowest BCUT2D eigenvalue weighted by atomic mass is 9.84. The van der Waals surface area contributed by atoms with E-state index in [4.69, 9.17) is 21.1 Å². The van der Waals surface area contributed by atoms with Crippen molar-refractivity contribution in [1.82, 2.24) is 29.7 Å². The molecule has 6 heterocycles. The number of carbonyl (C=O) groups excluding carboxylic acids is 1. The van der Waals surface area contributed by atoms with E-state index in [0.29, 0.717) is 33.2 Å². The average Bonchev–Trinajstić information content (AvgIpc) is 3.55. The van der Waals surface area contributed by atoms with E-state index in [2.05, 4.69) is 25.1 Å². The number of ether oxygens (including phenoxy) is 2. The summed E-state index contributed by atoms with van der Waals surface area (Å²) < 4.78 is 27.9. The van der Waals surface area contributed by atoms with Crippen LogP contribution in [0.5, 0.6) is 0 Å². The number of carbonyl (C=O) groups is 1. The summed E-state index contributed by atoms with van der Waals surface area (Å²) in [5.41, 5.74) is 1.37. The maximum absolute atomic E-state index is 14.9. The van der Waals surface area contributed by atoms with Gasteiger partial charge in [-0.1, -0.05) is 11.6 Å². The highest BCUT2D eigenvalue weighted by molar-refractivity contribution is 6.31. The summed E-state index contributed by atoms with van der Waals surface area (Å²) in [5, 5.41) is 8.43. The highest BCUT2D eigenvalue weighted by Gasteiger charge is 2.54. The molecule has 6 rings (SSSR count). The number of hydrogen-bond acceptors (Lipinski definition) is 7. The molecule has 2 fully saturated rings. The standard InChI is InChI=1S/C21H18ClFN6O3/c1-2-31-21(30)15-13-3-4-14(32-13)17(15)29-8-12(23)11-7-25-19(26-20(11)29)16-10-5-9(22)6-24-18(10)28-27-16/h5-8,13-15,17H,2-4H2,1H3,(H,24,27,28)/t13-,14+,15-,17-/m0/s1. The summed E-state index contributed by atoms with van der Waals surface area (Å²) >= 11 is 6.10. The van der Waals surface area contributed by atoms with Crippen molar-refractivity contribution >= 4 is 39.6 Å². The molecule has 2 aliphatic heterocycles. The van der Waals surface area contributed by atoms with Crippen molar-refractivity contribution < 1.29 is 18.7 Å². The van der Waals surface area contributed by atoms with Crippen molar-refractivity contribution in [1.29, 1.82) is 0 Å². The molecule has 2 aliphatic rings. The fraction of sp³-hybridized carbons (Fsp3) is 0.381. The Morgan fingerprint density at radius 2 is 2.16 bits per heavy atom. The molecule has 0 unspecified atom stereocenters. The van der Waals surface area contributed by atoms with Crippen LogP contribution in [0, 0.1) is 11.7 Å². The van der Waals surface area contributed by atoms with E-state index >= 15 is 0 Å². The predicted molar refractivity (Wildman–Crippen MR) is 112 cm³/mol. The molecule has 0 saturated carbocycles. The van der Waals surface area contributed by atoms with Crippen LogP contribution in [0.15, 0.2) is 24.7 Å². The quantitative estimate of drug-likeness (QED) is 0.468. The highest BCUT2D eigenvalue weighted by atomic mass is 35.5. The van der Waals surface area contributed by atoms with Crippen LogP contribution in [0.1, 0.15) is 25.8 Å². The Kier molecular flexibility index (Phi) is 4.41. The molecule has 11 heteroatoms. The van der Waals surface area contributed by atoms with E-state index < -0.39 is 17.8 Å². The van der Waals surface area contributed by atoms with Crippen molar-refractivity contribution in [2.75, 3.05) is 6.61 Å². The van der Waals surface area contributed by atoms with Crippen LogP contribution >= 0.6 is 11.6 Å². The van der Waals surface area contributed by atoms with Gasteiger partial charge in [-0.3, -0.25) is 9.89 Å². The first-order valence-electron chi connectivity index (χ1n) is 10.4. The van der Waals surface area contributed by atoms with Gasteiger partial charge >= 0.3 is 5.97 Å². The topological polar surface area (TPSA) is 108 Å². The van der Waals surface area contributed by atoms with Gasteiger partial charge in [-0.05, 0) is 25.8 Å². The largest absolute Gasteiger partial charge is 0.466 e. The van der Waals surface area contributed by atoms with Crippen LogP contribution < -0.4 is 0 Å². The fourth-order valence-corrected chi connectivity index (χ4v) is 5.08. The van der Waals surface area contributed by atoms with Gasteiger partial charge in [0.1, 0.15) is 17.3 Å². The molecule has 0 amide bonds. The monoisotopic (exact) mass is 456 g/mol. The highest BCUT2D eigenvalue weighted by Crippen LogP contribution is 2.48. The molecule has 0 spiro atoms. The van der Waals surface area contributed by atoms with Crippen molar-refractivity contribution in [3.63, 3.8) is 0 Å². The third kappa shape index (κ3) is 2.82. The van der Waals surface area contributed by atoms with Crippen LogP contribution in [0.25, 0.3) is 33.6 Å². The Balaban J connectivity index is 1.49. The minimum Gasteiger partial charge on any atom is -0.466 e. The number of hydrogen-bond donors (Lipinski definition) is 1. The molecular formula is C21H18ClFN6O3. The first kappa shape index (κ1) is 19.6. The number of H-pyrrole nitrogens is 1. The number of halogens is 2. The van der Waals surface area contributed by atoms with Crippen LogP contribution in [0.3, 0.4) is 0 Å². The second-order valence-electron chi connectivity index (χ2n) is 8.00. The SMILES string of the molecule is CCOC(=O)[C@@H]1[C@@H](n2cc(F)c3cnc(-c4[nH]nc5ncc(Cl)cc45)nc32)[C@H]2CC[C@@H]1O2. The molecule has 4 aromatic heterocycles. The predicted octanol–water partition coefficient (Wildman–Crippen LogP) is 3.44. The minimum atomic E-state index is -0.516. The summed E-state index contributed by atoms with van der Waals surface area (Å²) in [6.07, 6.45) is 5.42. The van der Waals surface area contributed by atoms with Gasteiger partial charge in [-0.2, -0.15) is 5.10 Å². The van der Waals surface area contributed by atoms with Gasteiger partial charge in [-0.25, -0.2) is 19.3 Å². The van der Waals surface area contributed by atoms with Crippen molar-refractivity contribution in [3.05, 3.63) is 35.5 Å². The van der Waals surface area contributed by atoms with Gasteiger partial charge in [0.05, 0.1) is 40.7 Å². The molecule has 9 nitrogen and oxygen atoms in total. The van der Waals surface area contributed by atoms with Crippen LogP contribution in [0.2, 0.25) is 5.02 Å². The first-order valence-corrected chi connectivity index (χ1v) is 10.8. The molecule has 2 bridgehead atoms. The Hall–Kier alpha value is -3.11. The summed E-state index contributed by atoms with van der Waals surface area (Å²) in [5.74, 6) is -0.990. The summed E-state index contributed by atoms with van der Waals surface area (Å²) in [6, 6.07) is 1.31. The molecule has 164 valence electrons. The van der Waals surface area contributed by atoms with E-state index in [0.717, 1.165) is 12.8 Å². The molecule has 2 saturated heterocycles. The third-order valence-corrected chi connectivity index (χ3v) is 6.44. The van der Waals surface area contributed by atoms with E-state index in [9.17, 15) is 9.18 Å². The zero-order valence-corrected chi connectivity index (χ0v) is 17.7. The number of fused-ring (bicyclic) bond motifs is 4. The van der Waals surface area contributed by atoms with Crippen LogP contribution in [0.4, 0.5) is 4.39 Å². The summed E-state index contributed by atoms with van der Waals surface area (Å²) in [7, 11) is 0. The molecule has 4 aromatic rings. The van der Waals surface area contributed by atoms with Crippen molar-refractivity contribution in [2.45, 2.75) is 38.0 Å². The van der Waals surface area contributed by atoms with Crippen LogP contribution in [-0.4, -0.2) is 54.5 Å². The summed E-state index contributed by atoms with van der Waals surface area (Å²) in [4.78, 5) is 25.9. The lowest BCUT2D eigenvalue weighted by Crippen LogP contribution is -2.36. The fourth-order valence-electron chi connectivity index (χ4n) is 4.92. The van der Waals surface area contributed by atoms with Gasteiger partial charge in [0.15, 0.2) is 17.3 Å². The molecule has 0 aromatic carbocycles. The van der Waals surface area contributed by atoms with Crippen molar-refractivity contribution in [3.8, 4) is 11.5 Å². The zero-order valence-electron chi connectivity index (χ0n) is 17.0. The summed E-state index contributed by atoms with van der Waals surface area (Å²) in [6.45, 7) is 2.04. The van der Waals surface area contributed by atoms with Crippen LogP contribution in [-0.2, 0) is 14.3 Å².